The molecule has 1 aliphatic heterocycles. The molecule has 0 radical (unpaired) electrons. The van der Waals surface area contributed by atoms with Gasteiger partial charge in [0.25, 0.3) is 0 Å². The molecule has 0 aromatic heterocycles. The predicted molar refractivity (Wildman–Crippen MR) is 131 cm³/mol. The van der Waals surface area contributed by atoms with Gasteiger partial charge in [0.2, 0.25) is 0 Å². The summed E-state index contributed by atoms with van der Waals surface area (Å²) in [5.41, 5.74) is 3.92. The topological polar surface area (TPSA) is 76.0 Å². The molecule has 1 saturated carbocycles. The summed E-state index contributed by atoms with van der Waals surface area (Å²) in [6.45, 7) is 1.86. The second kappa shape index (κ2) is 9.57. The molecule has 5 heteroatoms. The van der Waals surface area contributed by atoms with Crippen molar-refractivity contribution in [2.24, 2.45) is 10.9 Å². The largest absolute Gasteiger partial charge is 0.508 e. The van der Waals surface area contributed by atoms with Crippen molar-refractivity contribution in [1.82, 2.24) is 0 Å². The number of benzene rings is 2. The molecular formula is C29H31NO4. The number of ketones is 1. The van der Waals surface area contributed by atoms with Crippen LogP contribution in [0, 0.1) is 5.92 Å². The number of hydrogen-bond acceptors (Lipinski definition) is 5. The van der Waals surface area contributed by atoms with Crippen LogP contribution in [0.15, 0.2) is 70.9 Å². The Labute approximate surface area is 200 Å². The van der Waals surface area contributed by atoms with E-state index in [2.05, 4.69) is 12.1 Å². The normalized spacial score (nSPS) is 25.5. The lowest BCUT2D eigenvalue weighted by molar-refractivity contribution is -0.153. The monoisotopic (exact) mass is 457 g/mol. The Balaban J connectivity index is 1.53. The maximum atomic E-state index is 13.6. The highest BCUT2D eigenvalue weighted by atomic mass is 16.5. The van der Waals surface area contributed by atoms with Crippen LogP contribution in [0.2, 0.25) is 0 Å². The summed E-state index contributed by atoms with van der Waals surface area (Å²) in [6.07, 6.45) is 6.06. The summed E-state index contributed by atoms with van der Waals surface area (Å²) < 4.78 is 5.97. The van der Waals surface area contributed by atoms with Gasteiger partial charge >= 0.3 is 5.97 Å². The van der Waals surface area contributed by atoms with Crippen LogP contribution in [0.1, 0.15) is 74.8 Å². The number of ether oxygens (including phenoxy) is 1. The van der Waals surface area contributed by atoms with E-state index >= 15 is 0 Å². The van der Waals surface area contributed by atoms with E-state index in [4.69, 9.17) is 9.73 Å². The molecule has 1 fully saturated rings. The molecule has 0 saturated heterocycles. The summed E-state index contributed by atoms with van der Waals surface area (Å²) in [4.78, 5) is 32.0. The molecule has 3 aliphatic rings. The Kier molecular flexibility index (Phi) is 6.36. The summed E-state index contributed by atoms with van der Waals surface area (Å²) >= 11 is 0. The molecule has 2 aromatic rings. The fourth-order valence-corrected chi connectivity index (χ4v) is 5.82. The highest BCUT2D eigenvalue weighted by molar-refractivity contribution is 6.09. The number of Topliss-reactive ketones (excluding diaryl/α,β-unsaturated/α-hetero) is 1. The van der Waals surface area contributed by atoms with E-state index in [9.17, 15) is 14.7 Å². The van der Waals surface area contributed by atoms with Crippen molar-refractivity contribution in [2.75, 3.05) is 0 Å². The third-order valence-corrected chi connectivity index (χ3v) is 7.48. The minimum atomic E-state index is -0.667. The van der Waals surface area contributed by atoms with Gasteiger partial charge in [-0.3, -0.25) is 14.6 Å². The molecular weight excluding hydrogens is 426 g/mol. The molecule has 1 heterocycles. The molecule has 0 amide bonds. The lowest BCUT2D eigenvalue weighted by atomic mass is 9.69. The second-order valence-corrected chi connectivity index (χ2v) is 9.80. The molecule has 2 aromatic carbocycles. The number of esters is 1. The van der Waals surface area contributed by atoms with Crippen LogP contribution in [0.4, 0.5) is 0 Å². The highest BCUT2D eigenvalue weighted by Crippen LogP contribution is 2.47. The molecule has 34 heavy (non-hydrogen) atoms. The van der Waals surface area contributed by atoms with Crippen molar-refractivity contribution >= 4 is 17.5 Å². The fourth-order valence-electron chi connectivity index (χ4n) is 5.82. The molecule has 5 rings (SSSR count). The van der Waals surface area contributed by atoms with Crippen molar-refractivity contribution in [3.63, 3.8) is 0 Å². The third-order valence-electron chi connectivity index (χ3n) is 7.48. The maximum Gasteiger partial charge on any atom is 0.315 e. The number of carbonyl (C=O) groups is 2. The van der Waals surface area contributed by atoms with Crippen LogP contribution in [0.25, 0.3) is 0 Å². The lowest BCUT2D eigenvalue weighted by Gasteiger charge is -2.37. The minimum Gasteiger partial charge on any atom is -0.508 e. The van der Waals surface area contributed by atoms with Crippen LogP contribution in [-0.2, 0) is 14.3 Å². The van der Waals surface area contributed by atoms with Gasteiger partial charge < -0.3 is 9.84 Å². The smallest absolute Gasteiger partial charge is 0.315 e. The zero-order valence-electron chi connectivity index (χ0n) is 19.6. The number of nitrogens with zero attached hydrogens (tertiary/aromatic N) is 1. The zero-order chi connectivity index (χ0) is 23.7. The van der Waals surface area contributed by atoms with E-state index < -0.39 is 11.8 Å². The van der Waals surface area contributed by atoms with Gasteiger partial charge in [0.15, 0.2) is 5.78 Å². The number of rotatable bonds is 4. The van der Waals surface area contributed by atoms with Crippen LogP contribution in [-0.4, -0.2) is 28.7 Å². The van der Waals surface area contributed by atoms with Gasteiger partial charge in [-0.2, -0.15) is 0 Å². The van der Waals surface area contributed by atoms with Crippen LogP contribution >= 0.6 is 0 Å². The van der Waals surface area contributed by atoms with Crippen molar-refractivity contribution < 1.29 is 19.4 Å². The quantitative estimate of drug-likeness (QED) is 0.585. The number of phenolic OH excluding ortho intramolecular Hbond substituents is 1. The maximum absolute atomic E-state index is 13.6. The molecule has 0 spiro atoms. The van der Waals surface area contributed by atoms with E-state index in [0.29, 0.717) is 24.1 Å². The minimum absolute atomic E-state index is 0.0233. The van der Waals surface area contributed by atoms with Gasteiger partial charge in [-0.25, -0.2) is 0 Å². The first-order valence-electron chi connectivity index (χ1n) is 12.4. The van der Waals surface area contributed by atoms with E-state index in [1.165, 1.54) is 6.42 Å². The van der Waals surface area contributed by atoms with E-state index in [0.717, 1.165) is 42.5 Å². The summed E-state index contributed by atoms with van der Waals surface area (Å²) in [7, 11) is 0. The van der Waals surface area contributed by atoms with Crippen molar-refractivity contribution in [2.45, 2.75) is 69.8 Å². The number of allylic oxidation sites excluding steroid dienone is 2. The fraction of sp³-hybridized carbons (Fsp3) is 0.414. The molecule has 0 bridgehead atoms. The second-order valence-electron chi connectivity index (χ2n) is 9.80. The van der Waals surface area contributed by atoms with Crippen molar-refractivity contribution in [3.8, 4) is 5.75 Å². The Bertz CT molecular complexity index is 1140. The van der Waals surface area contributed by atoms with Crippen LogP contribution in [0.3, 0.4) is 0 Å². The average Bonchev–Trinajstić information content (AvgIpc) is 2.84. The van der Waals surface area contributed by atoms with Gasteiger partial charge in [0.1, 0.15) is 17.8 Å². The first-order valence-corrected chi connectivity index (χ1v) is 12.4. The summed E-state index contributed by atoms with van der Waals surface area (Å²) in [6, 6.07) is 17.0. The molecule has 176 valence electrons. The summed E-state index contributed by atoms with van der Waals surface area (Å²) in [5, 5.41) is 10.2. The first-order chi connectivity index (χ1) is 16.5. The van der Waals surface area contributed by atoms with E-state index in [1.54, 1.807) is 18.2 Å². The Hall–Kier alpha value is -3.21. The van der Waals surface area contributed by atoms with Crippen LogP contribution in [0.5, 0.6) is 5.75 Å². The third kappa shape index (κ3) is 4.44. The predicted octanol–water partition coefficient (Wildman–Crippen LogP) is 5.84. The standard InChI is InChI=1S/C29H31NO4/c1-18-26(29(33)34-23-13-6-3-7-14-23)27(20-11-8-12-22(31)15-20)28-24(30-18)16-21(17-25(28)32)19-9-4-2-5-10-19/h2,4-5,8-12,15,21,23,26-27,31H,3,6-7,13-14,16-17H2,1H3/t21-,26?,27+/m0/s1. The molecule has 3 atom stereocenters. The molecule has 2 aliphatic carbocycles. The number of phenols is 1. The summed E-state index contributed by atoms with van der Waals surface area (Å²) in [5.74, 6) is -1.27. The van der Waals surface area contributed by atoms with Crippen LogP contribution < -0.4 is 0 Å². The van der Waals surface area contributed by atoms with Gasteiger partial charge in [-0.1, -0.05) is 48.9 Å². The van der Waals surface area contributed by atoms with Gasteiger partial charge in [-0.05, 0) is 68.2 Å². The van der Waals surface area contributed by atoms with Gasteiger partial charge in [-0.15, -0.1) is 0 Å². The van der Waals surface area contributed by atoms with Crippen molar-refractivity contribution in [1.29, 1.82) is 0 Å². The lowest BCUT2D eigenvalue weighted by Crippen LogP contribution is -2.39. The van der Waals surface area contributed by atoms with E-state index in [1.807, 2.05) is 31.2 Å². The van der Waals surface area contributed by atoms with E-state index in [-0.39, 0.29) is 29.5 Å². The number of carbonyl (C=O) groups excluding carboxylic acids is 2. The SMILES string of the molecule is CC1=NC2=C(C(=O)C[C@@H](c3ccccc3)C2)[C@H](c2cccc(O)c2)C1C(=O)OC1CCCCC1. The number of aliphatic imine (C=N–C) groups is 1. The Morgan fingerprint density at radius 1 is 0.971 bits per heavy atom. The first kappa shape index (κ1) is 22.6. The van der Waals surface area contributed by atoms with Gasteiger partial charge in [0, 0.05) is 29.3 Å². The van der Waals surface area contributed by atoms with Crippen molar-refractivity contribution in [3.05, 3.63) is 77.0 Å². The molecule has 1 N–H and O–H groups in total. The Morgan fingerprint density at radius 2 is 1.71 bits per heavy atom. The number of aromatic hydroxyl groups is 1. The number of hydrogen-bond donors (Lipinski definition) is 1. The average molecular weight is 458 g/mol. The highest BCUT2D eigenvalue weighted by Gasteiger charge is 2.45. The molecule has 1 unspecified atom stereocenters. The van der Waals surface area contributed by atoms with Gasteiger partial charge in [0.05, 0.1) is 0 Å². The molecule has 5 nitrogen and oxygen atoms in total. The zero-order valence-corrected chi connectivity index (χ0v) is 19.6. The Morgan fingerprint density at radius 3 is 2.44 bits per heavy atom.